The van der Waals surface area contributed by atoms with Gasteiger partial charge in [-0.2, -0.15) is 0 Å². The molecule has 0 unspecified atom stereocenters. The van der Waals surface area contributed by atoms with E-state index >= 15 is 0 Å². The number of halogens is 14. The zero-order valence-corrected chi connectivity index (χ0v) is 14.5. The standard InChI is InChI=1S/C6H4F2.3BF4.K/c7-5-2-1-3-6(8)4-5;3*2-1(3,4)5;/h1-4H;;;;/q;3*-1;+1. The van der Waals surface area contributed by atoms with Crippen molar-refractivity contribution in [3.63, 3.8) is 0 Å². The van der Waals surface area contributed by atoms with Crippen molar-refractivity contribution < 1.29 is 112 Å². The summed E-state index contributed by atoms with van der Waals surface area (Å²) in [6.07, 6.45) is 0. The van der Waals surface area contributed by atoms with Crippen LogP contribution in [0.1, 0.15) is 0 Å². The molecule has 0 nitrogen and oxygen atoms in total. The molecule has 0 N–H and O–H groups in total. The van der Waals surface area contributed by atoms with E-state index in [2.05, 4.69) is 0 Å². The van der Waals surface area contributed by atoms with Gasteiger partial charge in [0.2, 0.25) is 0 Å². The molecular formula is C6H4B3F14K-2. The van der Waals surface area contributed by atoms with Gasteiger partial charge in [0.15, 0.2) is 0 Å². The van der Waals surface area contributed by atoms with Crippen LogP contribution in [0.4, 0.5) is 60.6 Å². The molecule has 1 aromatic carbocycles. The van der Waals surface area contributed by atoms with E-state index in [0.29, 0.717) is 0 Å². The van der Waals surface area contributed by atoms with Crippen molar-refractivity contribution in [3.05, 3.63) is 35.9 Å². The number of rotatable bonds is 0. The molecule has 0 spiro atoms. The van der Waals surface area contributed by atoms with Gasteiger partial charge >= 0.3 is 73.1 Å². The molecule has 0 aliphatic heterocycles. The first-order valence-electron chi connectivity index (χ1n) is 4.82. The van der Waals surface area contributed by atoms with E-state index in [1.54, 1.807) is 0 Å². The molecule has 0 heterocycles. The van der Waals surface area contributed by atoms with Gasteiger partial charge < -0.3 is 51.8 Å². The third kappa shape index (κ3) is 96.6. The van der Waals surface area contributed by atoms with Crippen LogP contribution < -0.4 is 51.4 Å². The Kier molecular flexibility index (Phi) is 18.9. The smallest absolute Gasteiger partial charge is 0.418 e. The molecule has 18 heteroatoms. The van der Waals surface area contributed by atoms with Gasteiger partial charge in [-0.05, 0) is 12.1 Å². The van der Waals surface area contributed by atoms with Crippen LogP contribution in [0, 0.1) is 11.6 Å². The second-order valence-electron chi connectivity index (χ2n) is 2.92. The fourth-order valence-electron chi connectivity index (χ4n) is 0.460. The molecule has 0 saturated carbocycles. The molecule has 0 atom stereocenters. The van der Waals surface area contributed by atoms with Gasteiger partial charge in [-0.3, -0.25) is 0 Å². The van der Waals surface area contributed by atoms with Gasteiger partial charge in [0, 0.05) is 6.07 Å². The molecule has 0 aliphatic carbocycles. The Morgan fingerprint density at radius 2 is 0.667 bits per heavy atom. The fraction of sp³-hybridized carbons (Fsp3) is 0. The van der Waals surface area contributed by atoms with Crippen LogP contribution in [-0.2, 0) is 0 Å². The average molecular weight is 414 g/mol. The van der Waals surface area contributed by atoms with Crippen LogP contribution in [0.5, 0.6) is 0 Å². The van der Waals surface area contributed by atoms with Gasteiger partial charge in [-0.25, -0.2) is 8.78 Å². The van der Waals surface area contributed by atoms with Crippen molar-refractivity contribution >= 4 is 21.8 Å². The van der Waals surface area contributed by atoms with Crippen molar-refractivity contribution in [2.24, 2.45) is 0 Å². The zero-order chi connectivity index (χ0) is 19.5. The summed E-state index contributed by atoms with van der Waals surface area (Å²) in [7, 11) is -18.0. The minimum Gasteiger partial charge on any atom is -0.418 e. The van der Waals surface area contributed by atoms with E-state index in [0.717, 1.165) is 6.07 Å². The first-order chi connectivity index (χ1) is 9.79. The van der Waals surface area contributed by atoms with Crippen LogP contribution in [0.2, 0.25) is 0 Å². The van der Waals surface area contributed by atoms with E-state index in [-0.39, 0.29) is 51.4 Å². The molecule has 0 bridgehead atoms. The molecule has 0 amide bonds. The van der Waals surface area contributed by atoms with Gasteiger partial charge in [-0.15, -0.1) is 0 Å². The third-order valence-electron chi connectivity index (χ3n) is 0.787. The van der Waals surface area contributed by atoms with Crippen LogP contribution in [0.15, 0.2) is 24.3 Å². The molecular weight excluding hydrogens is 410 g/mol. The maximum Gasteiger partial charge on any atom is 1.00 e. The Morgan fingerprint density at radius 1 is 0.500 bits per heavy atom. The number of hydrogen-bond acceptors (Lipinski definition) is 0. The summed E-state index contributed by atoms with van der Waals surface area (Å²) in [5, 5.41) is 0. The van der Waals surface area contributed by atoms with Crippen LogP contribution in [0.3, 0.4) is 0 Å². The average Bonchev–Trinajstić information content (AvgIpc) is 2.07. The van der Waals surface area contributed by atoms with Gasteiger partial charge in [-0.1, -0.05) is 6.07 Å². The minimum atomic E-state index is -6.00. The van der Waals surface area contributed by atoms with E-state index in [9.17, 15) is 60.6 Å². The quantitative estimate of drug-likeness (QED) is 0.453. The van der Waals surface area contributed by atoms with E-state index in [1.807, 2.05) is 0 Å². The van der Waals surface area contributed by atoms with Crippen LogP contribution in [0.25, 0.3) is 0 Å². The molecule has 138 valence electrons. The molecule has 0 radical (unpaired) electrons. The summed E-state index contributed by atoms with van der Waals surface area (Å²) in [5.74, 6) is -1.07. The number of benzene rings is 1. The first-order valence-corrected chi connectivity index (χ1v) is 4.82. The molecule has 1 aromatic rings. The Morgan fingerprint density at radius 3 is 0.750 bits per heavy atom. The summed E-state index contributed by atoms with van der Waals surface area (Å²) in [6, 6.07) is 4.55. The topological polar surface area (TPSA) is 0 Å². The second-order valence-corrected chi connectivity index (χ2v) is 2.92. The van der Waals surface area contributed by atoms with Crippen LogP contribution in [-0.4, -0.2) is 21.8 Å². The van der Waals surface area contributed by atoms with Gasteiger partial charge in [0.05, 0.1) is 0 Å². The Hall–Kier alpha value is 0.0712. The summed E-state index contributed by atoms with van der Waals surface area (Å²) in [6.45, 7) is 0. The van der Waals surface area contributed by atoms with Crippen LogP contribution >= 0.6 is 0 Å². The SMILES string of the molecule is F[B-](F)(F)F.F[B-](F)(F)F.F[B-](F)(F)F.Fc1cccc(F)c1.[K+]. The Bertz CT molecular complexity index is 350. The molecule has 0 aliphatic rings. The van der Waals surface area contributed by atoms with E-state index < -0.39 is 33.4 Å². The molecule has 0 saturated heterocycles. The maximum absolute atomic E-state index is 11.9. The Balaban J connectivity index is -0.000000113. The first kappa shape index (κ1) is 31.8. The zero-order valence-electron chi connectivity index (χ0n) is 11.3. The monoisotopic (exact) mass is 414 g/mol. The van der Waals surface area contributed by atoms with E-state index in [1.165, 1.54) is 18.2 Å². The molecule has 0 fully saturated rings. The largest absolute Gasteiger partial charge is 1.00 e. The second kappa shape index (κ2) is 14.3. The molecule has 0 aromatic heterocycles. The molecule has 24 heavy (non-hydrogen) atoms. The van der Waals surface area contributed by atoms with Gasteiger partial charge in [0.1, 0.15) is 11.6 Å². The summed E-state index contributed by atoms with van der Waals surface area (Å²) in [5.41, 5.74) is 0. The predicted molar refractivity (Wildman–Crippen MR) is 56.9 cm³/mol. The molecule has 1 rings (SSSR count). The normalized spacial score (nSPS) is 10.6. The summed E-state index contributed by atoms with van der Waals surface area (Å²) < 4.78 is 141. The summed E-state index contributed by atoms with van der Waals surface area (Å²) in [4.78, 5) is 0. The third-order valence-corrected chi connectivity index (χ3v) is 0.787. The van der Waals surface area contributed by atoms with Crippen molar-refractivity contribution in [1.29, 1.82) is 0 Å². The van der Waals surface area contributed by atoms with Gasteiger partial charge in [0.25, 0.3) is 0 Å². The fourth-order valence-corrected chi connectivity index (χ4v) is 0.460. The maximum atomic E-state index is 11.9. The minimum absolute atomic E-state index is 0. The van der Waals surface area contributed by atoms with Crippen molar-refractivity contribution in [1.82, 2.24) is 0 Å². The van der Waals surface area contributed by atoms with Crippen molar-refractivity contribution in [2.75, 3.05) is 0 Å². The predicted octanol–water partition coefficient (Wildman–Crippen LogP) is 2.87. The van der Waals surface area contributed by atoms with Crippen molar-refractivity contribution in [2.45, 2.75) is 0 Å². The summed E-state index contributed by atoms with van der Waals surface area (Å²) >= 11 is 0. The van der Waals surface area contributed by atoms with Crippen molar-refractivity contribution in [3.8, 4) is 0 Å². The Labute approximate surface area is 168 Å². The van der Waals surface area contributed by atoms with E-state index in [4.69, 9.17) is 0 Å². The number of hydrogen-bond donors (Lipinski definition) is 0.